The highest BCUT2D eigenvalue weighted by Gasteiger charge is 2.07. The first-order valence-corrected chi connectivity index (χ1v) is 6.08. The van der Waals surface area contributed by atoms with Crippen molar-refractivity contribution in [2.45, 2.75) is 26.7 Å². The van der Waals surface area contributed by atoms with Crippen LogP contribution in [-0.2, 0) is 18.3 Å². The van der Waals surface area contributed by atoms with Gasteiger partial charge in [-0.2, -0.15) is 0 Å². The summed E-state index contributed by atoms with van der Waals surface area (Å²) in [5.74, 6) is 0.112. The summed E-state index contributed by atoms with van der Waals surface area (Å²) >= 11 is 0. The monoisotopic (exact) mass is 243 g/mol. The number of benzene rings is 1. The molecule has 0 fully saturated rings. The maximum atomic E-state index is 12.1. The number of aryl methyl sites for hydroxylation is 3. The van der Waals surface area contributed by atoms with Crippen LogP contribution >= 0.6 is 0 Å². The molecule has 0 aliphatic carbocycles. The second-order valence-corrected chi connectivity index (χ2v) is 4.80. The highest BCUT2D eigenvalue weighted by Crippen LogP contribution is 2.15. The molecular weight excluding hydrogens is 226 g/mol. The number of hydrogen-bond donors (Lipinski definition) is 0. The second kappa shape index (κ2) is 4.77. The van der Waals surface area contributed by atoms with Crippen LogP contribution in [0.3, 0.4) is 0 Å². The summed E-state index contributed by atoms with van der Waals surface area (Å²) in [5, 5.41) is 1.05. The highest BCUT2D eigenvalue weighted by molar-refractivity contribution is 5.81. The van der Waals surface area contributed by atoms with Crippen LogP contribution in [0.25, 0.3) is 10.9 Å². The van der Waals surface area contributed by atoms with Gasteiger partial charge in [-0.25, -0.2) is 0 Å². The first kappa shape index (κ1) is 12.6. The summed E-state index contributed by atoms with van der Waals surface area (Å²) in [4.78, 5) is 23.2. The van der Waals surface area contributed by atoms with Crippen molar-refractivity contribution < 1.29 is 4.79 Å². The van der Waals surface area contributed by atoms with Crippen LogP contribution in [0.4, 0.5) is 0 Å². The lowest BCUT2D eigenvalue weighted by Crippen LogP contribution is -2.21. The number of ketones is 1. The van der Waals surface area contributed by atoms with Crippen molar-refractivity contribution in [1.82, 2.24) is 4.57 Å². The van der Waals surface area contributed by atoms with E-state index in [4.69, 9.17) is 0 Å². The third-order valence-corrected chi connectivity index (χ3v) is 3.20. The van der Waals surface area contributed by atoms with E-state index in [2.05, 4.69) is 6.07 Å². The number of aromatic nitrogens is 1. The van der Waals surface area contributed by atoms with E-state index < -0.39 is 0 Å². The Balaban J connectivity index is 2.58. The maximum absolute atomic E-state index is 12.1. The quantitative estimate of drug-likeness (QED) is 0.830. The van der Waals surface area contributed by atoms with Crippen molar-refractivity contribution in [2.75, 3.05) is 0 Å². The van der Waals surface area contributed by atoms with Crippen LogP contribution in [-0.4, -0.2) is 10.4 Å². The molecule has 0 bridgehead atoms. The van der Waals surface area contributed by atoms with Crippen LogP contribution in [0.5, 0.6) is 0 Å². The molecule has 1 heterocycles. The van der Waals surface area contributed by atoms with E-state index in [1.54, 1.807) is 18.5 Å². The number of carbonyl (C=O) groups excluding carboxylic acids is 1. The van der Waals surface area contributed by atoms with Gasteiger partial charge in [-0.3, -0.25) is 4.79 Å². The molecule has 1 aromatic heterocycles. The molecule has 0 radical (unpaired) electrons. The van der Waals surface area contributed by atoms with E-state index in [9.17, 15) is 9.59 Å². The van der Waals surface area contributed by atoms with Gasteiger partial charge in [0.25, 0.3) is 5.56 Å². The third-order valence-electron chi connectivity index (χ3n) is 3.20. The Kier molecular flexibility index (Phi) is 3.32. The zero-order chi connectivity index (χ0) is 13.3. The molecule has 1 aromatic carbocycles. The number of hydrogen-bond acceptors (Lipinski definition) is 2. The zero-order valence-electron chi connectivity index (χ0n) is 11.0. The summed E-state index contributed by atoms with van der Waals surface area (Å²) in [5.41, 5.74) is 2.80. The van der Waals surface area contributed by atoms with Crippen molar-refractivity contribution in [3.63, 3.8) is 0 Å². The Morgan fingerprint density at radius 2 is 2.00 bits per heavy atom. The zero-order valence-corrected chi connectivity index (χ0v) is 11.0. The highest BCUT2D eigenvalue weighted by atomic mass is 16.1. The van der Waals surface area contributed by atoms with E-state index in [1.807, 2.05) is 25.1 Å². The number of rotatable bonds is 3. The molecular formula is C15H17NO2. The summed E-state index contributed by atoms with van der Waals surface area (Å²) in [6.07, 6.45) is 0.943. The van der Waals surface area contributed by atoms with Gasteiger partial charge in [0.05, 0.1) is 5.52 Å². The lowest BCUT2D eigenvalue weighted by atomic mass is 10.1. The van der Waals surface area contributed by atoms with Crippen LogP contribution in [0.2, 0.25) is 0 Å². The van der Waals surface area contributed by atoms with Crippen molar-refractivity contribution in [3.05, 3.63) is 45.7 Å². The fourth-order valence-electron chi connectivity index (χ4n) is 2.16. The normalized spacial score (nSPS) is 10.8. The molecule has 94 valence electrons. The van der Waals surface area contributed by atoms with E-state index in [-0.39, 0.29) is 11.3 Å². The van der Waals surface area contributed by atoms with E-state index in [0.29, 0.717) is 18.4 Å². The molecule has 0 atom stereocenters. The van der Waals surface area contributed by atoms with Gasteiger partial charge >= 0.3 is 0 Å². The average molecular weight is 243 g/mol. The maximum Gasteiger partial charge on any atom is 0.253 e. The molecule has 3 heteroatoms. The van der Waals surface area contributed by atoms with Gasteiger partial charge in [-0.05, 0) is 43.9 Å². The lowest BCUT2D eigenvalue weighted by molar-refractivity contribution is -0.116. The second-order valence-electron chi connectivity index (χ2n) is 4.80. The Morgan fingerprint density at radius 1 is 1.28 bits per heavy atom. The molecule has 2 aromatic rings. The van der Waals surface area contributed by atoms with Crippen LogP contribution in [0.15, 0.2) is 29.1 Å². The van der Waals surface area contributed by atoms with Gasteiger partial charge < -0.3 is 9.36 Å². The Hall–Kier alpha value is -1.90. The smallest absolute Gasteiger partial charge is 0.253 e. The number of Topliss-reactive ketones (excluding diaryl/α,β-unsaturated/α-hetero) is 1. The molecule has 0 N–H and O–H groups in total. The lowest BCUT2D eigenvalue weighted by Gasteiger charge is -2.09. The number of carbonyl (C=O) groups is 1. The standard InChI is InChI=1S/C15H17NO2/c1-10-4-7-14-13(8-10)9-12(6-5-11(2)17)15(18)16(14)3/h4,7-9H,5-6H2,1-3H3. The van der Waals surface area contributed by atoms with E-state index in [1.165, 1.54) is 5.56 Å². The Bertz CT molecular complexity index is 668. The van der Waals surface area contributed by atoms with Gasteiger partial charge in [-0.15, -0.1) is 0 Å². The molecule has 3 nitrogen and oxygen atoms in total. The van der Waals surface area contributed by atoms with Crippen LogP contribution in [0, 0.1) is 6.92 Å². The van der Waals surface area contributed by atoms with Gasteiger partial charge in [0, 0.05) is 19.0 Å². The average Bonchev–Trinajstić information content (AvgIpc) is 2.31. The van der Waals surface area contributed by atoms with Gasteiger partial charge in [0.1, 0.15) is 5.78 Å². The van der Waals surface area contributed by atoms with Crippen LogP contribution < -0.4 is 5.56 Å². The van der Waals surface area contributed by atoms with Crippen molar-refractivity contribution in [3.8, 4) is 0 Å². The Morgan fingerprint density at radius 3 is 2.67 bits per heavy atom. The van der Waals surface area contributed by atoms with Crippen molar-refractivity contribution >= 4 is 16.7 Å². The third kappa shape index (κ3) is 2.35. The topological polar surface area (TPSA) is 39.1 Å². The van der Waals surface area contributed by atoms with E-state index in [0.717, 1.165) is 10.9 Å². The summed E-state index contributed by atoms with van der Waals surface area (Å²) in [6.45, 7) is 3.58. The van der Waals surface area contributed by atoms with Crippen molar-refractivity contribution in [2.24, 2.45) is 7.05 Å². The molecule has 2 rings (SSSR count). The van der Waals surface area contributed by atoms with E-state index >= 15 is 0 Å². The predicted octanol–water partition coefficient (Wildman–Crippen LogP) is 2.37. The number of pyridine rings is 1. The number of nitrogens with zero attached hydrogens (tertiary/aromatic N) is 1. The fraction of sp³-hybridized carbons (Fsp3) is 0.333. The minimum Gasteiger partial charge on any atom is -0.311 e. The van der Waals surface area contributed by atoms with Crippen molar-refractivity contribution in [1.29, 1.82) is 0 Å². The summed E-state index contributed by atoms with van der Waals surface area (Å²) in [6, 6.07) is 7.93. The minimum atomic E-state index is -0.00685. The SMILES string of the molecule is CC(=O)CCc1cc2cc(C)ccc2n(C)c1=O. The largest absolute Gasteiger partial charge is 0.311 e. The fourth-order valence-corrected chi connectivity index (χ4v) is 2.16. The molecule has 18 heavy (non-hydrogen) atoms. The molecule has 0 saturated carbocycles. The molecule has 0 unspecified atom stereocenters. The Labute approximate surface area is 106 Å². The van der Waals surface area contributed by atoms with Gasteiger partial charge in [-0.1, -0.05) is 11.6 Å². The van der Waals surface area contributed by atoms with Crippen LogP contribution in [0.1, 0.15) is 24.5 Å². The molecule has 0 amide bonds. The van der Waals surface area contributed by atoms with Gasteiger partial charge in [0.15, 0.2) is 0 Å². The first-order valence-electron chi connectivity index (χ1n) is 6.08. The number of fused-ring (bicyclic) bond motifs is 1. The molecule has 0 aliphatic heterocycles. The first-order chi connectivity index (χ1) is 8.49. The summed E-state index contributed by atoms with van der Waals surface area (Å²) < 4.78 is 1.66. The molecule has 0 saturated heterocycles. The minimum absolute atomic E-state index is 0.00685. The van der Waals surface area contributed by atoms with Gasteiger partial charge in [0.2, 0.25) is 0 Å². The molecule has 0 spiro atoms. The predicted molar refractivity (Wildman–Crippen MR) is 72.9 cm³/mol. The molecule has 0 aliphatic rings. The summed E-state index contributed by atoms with van der Waals surface area (Å²) in [7, 11) is 1.78.